The zero-order chi connectivity index (χ0) is 13.0. The summed E-state index contributed by atoms with van der Waals surface area (Å²) in [6.07, 6.45) is 6.08. The maximum atomic E-state index is 12.1. The zero-order valence-electron chi connectivity index (χ0n) is 11.4. The first-order valence-corrected chi connectivity index (χ1v) is 7.07. The molecule has 0 atom stereocenters. The van der Waals surface area contributed by atoms with Gasteiger partial charge in [-0.3, -0.25) is 4.79 Å². The summed E-state index contributed by atoms with van der Waals surface area (Å²) in [5, 5.41) is 3.14. The number of nitrogens with one attached hydrogen (secondary N) is 1. The third-order valence-electron chi connectivity index (χ3n) is 3.78. The van der Waals surface area contributed by atoms with E-state index in [2.05, 4.69) is 31.3 Å². The van der Waals surface area contributed by atoms with Crippen LogP contribution in [0.4, 0.5) is 0 Å². The van der Waals surface area contributed by atoms with Crippen molar-refractivity contribution in [3.05, 3.63) is 35.4 Å². The molecular weight excluding hydrogens is 222 g/mol. The van der Waals surface area contributed by atoms with E-state index in [0.29, 0.717) is 12.0 Å². The highest BCUT2D eigenvalue weighted by atomic mass is 16.1. The summed E-state index contributed by atoms with van der Waals surface area (Å²) < 4.78 is 0. The lowest BCUT2D eigenvalue weighted by Crippen LogP contribution is -2.36. The molecule has 1 fully saturated rings. The van der Waals surface area contributed by atoms with Gasteiger partial charge >= 0.3 is 0 Å². The topological polar surface area (TPSA) is 29.1 Å². The van der Waals surface area contributed by atoms with Gasteiger partial charge in [0.25, 0.3) is 5.91 Å². The largest absolute Gasteiger partial charge is 0.349 e. The molecule has 0 aliphatic heterocycles. The van der Waals surface area contributed by atoms with Crippen molar-refractivity contribution in [3.8, 4) is 0 Å². The molecule has 18 heavy (non-hydrogen) atoms. The second-order valence-electron chi connectivity index (χ2n) is 5.59. The number of carbonyl (C=O) groups is 1. The van der Waals surface area contributed by atoms with Crippen LogP contribution in [-0.4, -0.2) is 11.9 Å². The van der Waals surface area contributed by atoms with Crippen molar-refractivity contribution in [1.82, 2.24) is 5.32 Å². The minimum absolute atomic E-state index is 0.0807. The van der Waals surface area contributed by atoms with Crippen LogP contribution in [0, 0.1) is 0 Å². The first-order chi connectivity index (χ1) is 8.66. The molecular formula is C16H23NO. The molecule has 1 aromatic rings. The quantitative estimate of drug-likeness (QED) is 0.860. The normalized spacial score (nSPS) is 16.8. The fourth-order valence-electron chi connectivity index (χ4n) is 2.54. The molecule has 1 aliphatic rings. The molecule has 0 bridgehead atoms. The molecule has 2 nitrogen and oxygen atoms in total. The standard InChI is InChI=1S/C16H23NO/c1-12(2)13-8-10-14(11-9-13)16(18)17-15-6-4-3-5-7-15/h8-12,15H,3-7H2,1-2H3,(H,17,18). The highest BCUT2D eigenvalue weighted by Crippen LogP contribution is 2.18. The van der Waals surface area contributed by atoms with Gasteiger partial charge in [0.2, 0.25) is 0 Å². The van der Waals surface area contributed by atoms with Gasteiger partial charge in [0.1, 0.15) is 0 Å². The van der Waals surface area contributed by atoms with Gasteiger partial charge in [-0.05, 0) is 36.5 Å². The molecule has 0 saturated heterocycles. The molecule has 0 spiro atoms. The van der Waals surface area contributed by atoms with Gasteiger partial charge in [0.15, 0.2) is 0 Å². The monoisotopic (exact) mass is 245 g/mol. The number of rotatable bonds is 3. The summed E-state index contributed by atoms with van der Waals surface area (Å²) in [7, 11) is 0. The molecule has 2 heteroatoms. The lowest BCUT2D eigenvalue weighted by Gasteiger charge is -2.22. The van der Waals surface area contributed by atoms with Gasteiger partial charge < -0.3 is 5.32 Å². The van der Waals surface area contributed by atoms with Crippen LogP contribution >= 0.6 is 0 Å². The van der Waals surface area contributed by atoms with Crippen molar-refractivity contribution in [1.29, 1.82) is 0 Å². The van der Waals surface area contributed by atoms with Gasteiger partial charge in [-0.15, -0.1) is 0 Å². The third-order valence-corrected chi connectivity index (χ3v) is 3.78. The van der Waals surface area contributed by atoms with Gasteiger partial charge in [0, 0.05) is 11.6 Å². The second-order valence-corrected chi connectivity index (χ2v) is 5.59. The predicted octanol–water partition coefficient (Wildman–Crippen LogP) is 3.87. The van der Waals surface area contributed by atoms with Crippen LogP contribution in [0.25, 0.3) is 0 Å². The van der Waals surface area contributed by atoms with Crippen molar-refractivity contribution < 1.29 is 4.79 Å². The Bertz CT molecular complexity index is 388. The summed E-state index contributed by atoms with van der Waals surface area (Å²) >= 11 is 0. The van der Waals surface area contributed by atoms with E-state index in [1.165, 1.54) is 24.8 Å². The molecule has 1 amide bonds. The Balaban J connectivity index is 1.95. The molecule has 0 radical (unpaired) electrons. The predicted molar refractivity (Wildman–Crippen MR) is 74.9 cm³/mol. The van der Waals surface area contributed by atoms with Crippen LogP contribution in [0.1, 0.15) is 67.8 Å². The van der Waals surface area contributed by atoms with Crippen LogP contribution < -0.4 is 5.32 Å². The Morgan fingerprint density at radius 3 is 2.28 bits per heavy atom. The number of carbonyl (C=O) groups excluding carboxylic acids is 1. The molecule has 2 rings (SSSR count). The molecule has 0 aromatic heterocycles. The summed E-state index contributed by atoms with van der Waals surface area (Å²) in [5.74, 6) is 0.595. The first kappa shape index (κ1) is 13.1. The highest BCUT2D eigenvalue weighted by Gasteiger charge is 2.16. The zero-order valence-corrected chi connectivity index (χ0v) is 11.4. The van der Waals surface area contributed by atoms with Gasteiger partial charge in [-0.1, -0.05) is 45.2 Å². The Morgan fingerprint density at radius 2 is 1.72 bits per heavy atom. The summed E-state index contributed by atoms with van der Waals surface area (Å²) in [4.78, 5) is 12.1. The number of benzene rings is 1. The number of hydrogen-bond acceptors (Lipinski definition) is 1. The van der Waals surface area contributed by atoms with Crippen molar-refractivity contribution in [3.63, 3.8) is 0 Å². The van der Waals surface area contributed by atoms with Gasteiger partial charge in [-0.25, -0.2) is 0 Å². The van der Waals surface area contributed by atoms with E-state index in [1.807, 2.05) is 12.1 Å². The number of amides is 1. The lowest BCUT2D eigenvalue weighted by molar-refractivity contribution is 0.0927. The van der Waals surface area contributed by atoms with Crippen molar-refractivity contribution in [2.45, 2.75) is 57.9 Å². The van der Waals surface area contributed by atoms with E-state index in [1.54, 1.807) is 0 Å². The number of hydrogen-bond donors (Lipinski definition) is 1. The van der Waals surface area contributed by atoms with E-state index in [9.17, 15) is 4.79 Å². The molecule has 1 aromatic carbocycles. The van der Waals surface area contributed by atoms with E-state index < -0.39 is 0 Å². The smallest absolute Gasteiger partial charge is 0.251 e. The second kappa shape index (κ2) is 6.03. The average Bonchev–Trinajstić information content (AvgIpc) is 2.40. The van der Waals surface area contributed by atoms with Gasteiger partial charge in [-0.2, -0.15) is 0 Å². The Hall–Kier alpha value is -1.31. The van der Waals surface area contributed by atoms with Crippen LogP contribution in [0.3, 0.4) is 0 Å². The van der Waals surface area contributed by atoms with Crippen LogP contribution in [-0.2, 0) is 0 Å². The Morgan fingerprint density at radius 1 is 1.11 bits per heavy atom. The summed E-state index contributed by atoms with van der Waals surface area (Å²) in [6, 6.07) is 8.37. The van der Waals surface area contributed by atoms with E-state index in [4.69, 9.17) is 0 Å². The minimum Gasteiger partial charge on any atom is -0.349 e. The summed E-state index contributed by atoms with van der Waals surface area (Å²) in [6.45, 7) is 4.33. The van der Waals surface area contributed by atoms with Gasteiger partial charge in [0.05, 0.1) is 0 Å². The molecule has 0 heterocycles. The molecule has 1 aliphatic carbocycles. The van der Waals surface area contributed by atoms with Crippen molar-refractivity contribution >= 4 is 5.91 Å². The molecule has 1 saturated carbocycles. The van der Waals surface area contributed by atoms with E-state index >= 15 is 0 Å². The Kier molecular flexibility index (Phi) is 4.40. The lowest BCUT2D eigenvalue weighted by atomic mass is 9.95. The first-order valence-electron chi connectivity index (χ1n) is 7.07. The molecule has 98 valence electrons. The maximum Gasteiger partial charge on any atom is 0.251 e. The van der Waals surface area contributed by atoms with E-state index in [0.717, 1.165) is 18.4 Å². The highest BCUT2D eigenvalue weighted by molar-refractivity contribution is 5.94. The Labute approximate surface area is 110 Å². The van der Waals surface area contributed by atoms with Crippen LogP contribution in [0.2, 0.25) is 0 Å². The minimum atomic E-state index is 0.0807. The fraction of sp³-hybridized carbons (Fsp3) is 0.562. The van der Waals surface area contributed by atoms with Crippen molar-refractivity contribution in [2.75, 3.05) is 0 Å². The maximum absolute atomic E-state index is 12.1. The SMILES string of the molecule is CC(C)c1ccc(C(=O)NC2CCCCC2)cc1. The van der Waals surface area contributed by atoms with Crippen LogP contribution in [0.15, 0.2) is 24.3 Å². The van der Waals surface area contributed by atoms with E-state index in [-0.39, 0.29) is 5.91 Å². The van der Waals surface area contributed by atoms with Crippen molar-refractivity contribution in [2.24, 2.45) is 0 Å². The molecule has 1 N–H and O–H groups in total. The van der Waals surface area contributed by atoms with Crippen LogP contribution in [0.5, 0.6) is 0 Å². The fourth-order valence-corrected chi connectivity index (χ4v) is 2.54. The average molecular weight is 245 g/mol. The third kappa shape index (κ3) is 3.34. The molecule has 0 unspecified atom stereocenters. The summed E-state index contributed by atoms with van der Waals surface area (Å²) in [5.41, 5.74) is 2.06.